The zero-order valence-electron chi connectivity index (χ0n) is 16.1. The first-order valence-electron chi connectivity index (χ1n) is 9.21. The quantitative estimate of drug-likeness (QED) is 0.700. The number of aryl methyl sites for hydroxylation is 2. The molecule has 7 nitrogen and oxygen atoms in total. The molecule has 1 aromatic carbocycles. The highest BCUT2D eigenvalue weighted by atomic mass is 32.2. The van der Waals surface area contributed by atoms with Gasteiger partial charge in [0.05, 0.1) is 9.77 Å². The van der Waals surface area contributed by atoms with Crippen LogP contribution in [0.3, 0.4) is 0 Å². The van der Waals surface area contributed by atoms with Crippen LogP contribution >= 0.6 is 11.3 Å². The van der Waals surface area contributed by atoms with E-state index < -0.39 is 33.7 Å². The second-order valence-electron chi connectivity index (χ2n) is 6.74. The third-order valence-corrected chi connectivity index (χ3v) is 8.09. The molecule has 0 bridgehead atoms. The summed E-state index contributed by atoms with van der Waals surface area (Å²) in [7, 11) is -3.95. The van der Waals surface area contributed by atoms with Crippen LogP contribution in [-0.4, -0.2) is 37.1 Å². The summed E-state index contributed by atoms with van der Waals surface area (Å²) in [6.45, 7) is 4.09. The lowest BCUT2D eigenvalue weighted by molar-refractivity contribution is -0.125. The van der Waals surface area contributed by atoms with E-state index in [1.54, 1.807) is 6.07 Å². The summed E-state index contributed by atoms with van der Waals surface area (Å²) in [5.74, 6) is -1.60. The lowest BCUT2D eigenvalue weighted by Crippen LogP contribution is -2.51. The molecular formula is C19H22FN3O4S2. The van der Waals surface area contributed by atoms with Crippen LogP contribution in [0.2, 0.25) is 0 Å². The molecule has 0 radical (unpaired) electrons. The van der Waals surface area contributed by atoms with Crippen molar-refractivity contribution in [3.05, 3.63) is 51.5 Å². The van der Waals surface area contributed by atoms with E-state index in [-0.39, 0.29) is 11.4 Å². The van der Waals surface area contributed by atoms with Crippen molar-refractivity contribution in [2.45, 2.75) is 44.0 Å². The Kier molecular flexibility index (Phi) is 6.35. The highest BCUT2D eigenvalue weighted by molar-refractivity contribution is 7.89. The summed E-state index contributed by atoms with van der Waals surface area (Å²) in [6, 6.07) is 5.28. The molecule has 1 atom stereocenters. The van der Waals surface area contributed by atoms with E-state index in [0.29, 0.717) is 17.7 Å². The van der Waals surface area contributed by atoms with E-state index in [2.05, 4.69) is 10.9 Å². The van der Waals surface area contributed by atoms with Crippen LogP contribution in [0, 0.1) is 12.7 Å². The van der Waals surface area contributed by atoms with Gasteiger partial charge in [-0.1, -0.05) is 6.92 Å². The Morgan fingerprint density at radius 1 is 1.24 bits per heavy atom. The fourth-order valence-corrected chi connectivity index (χ4v) is 5.94. The van der Waals surface area contributed by atoms with Crippen molar-refractivity contribution >= 4 is 33.2 Å². The van der Waals surface area contributed by atoms with Crippen molar-refractivity contribution in [2.75, 3.05) is 6.54 Å². The van der Waals surface area contributed by atoms with Crippen molar-refractivity contribution in [1.82, 2.24) is 15.2 Å². The number of rotatable bonds is 5. The Morgan fingerprint density at radius 3 is 2.55 bits per heavy atom. The van der Waals surface area contributed by atoms with Crippen LogP contribution in [0.15, 0.2) is 35.2 Å². The Balaban J connectivity index is 1.68. The van der Waals surface area contributed by atoms with E-state index in [4.69, 9.17) is 0 Å². The van der Waals surface area contributed by atoms with Gasteiger partial charge < -0.3 is 0 Å². The van der Waals surface area contributed by atoms with Crippen molar-refractivity contribution in [1.29, 1.82) is 0 Å². The van der Waals surface area contributed by atoms with Crippen molar-refractivity contribution in [3.8, 4) is 0 Å². The van der Waals surface area contributed by atoms with Gasteiger partial charge in [0, 0.05) is 11.4 Å². The average Bonchev–Trinajstić information content (AvgIpc) is 3.33. The number of nitrogens with one attached hydrogen (secondary N) is 2. The number of sulfonamides is 1. The molecule has 2 N–H and O–H groups in total. The van der Waals surface area contributed by atoms with E-state index in [0.717, 1.165) is 33.3 Å². The van der Waals surface area contributed by atoms with Gasteiger partial charge in [0.15, 0.2) is 0 Å². The van der Waals surface area contributed by atoms with Gasteiger partial charge in [-0.2, -0.15) is 4.31 Å². The Morgan fingerprint density at radius 2 is 1.93 bits per heavy atom. The predicted molar refractivity (Wildman–Crippen MR) is 107 cm³/mol. The zero-order chi connectivity index (χ0) is 21.2. The lowest BCUT2D eigenvalue weighted by Gasteiger charge is -2.23. The van der Waals surface area contributed by atoms with Gasteiger partial charge >= 0.3 is 0 Å². The number of amides is 2. The van der Waals surface area contributed by atoms with Crippen LogP contribution < -0.4 is 10.9 Å². The number of thiophene rings is 1. The summed E-state index contributed by atoms with van der Waals surface area (Å²) >= 11 is 1.35. The first-order chi connectivity index (χ1) is 13.7. The van der Waals surface area contributed by atoms with E-state index >= 15 is 0 Å². The third kappa shape index (κ3) is 4.49. The molecule has 0 aliphatic carbocycles. The van der Waals surface area contributed by atoms with Crippen LogP contribution in [0.25, 0.3) is 0 Å². The fraction of sp³-hybridized carbons (Fsp3) is 0.368. The second kappa shape index (κ2) is 8.60. The van der Waals surface area contributed by atoms with Gasteiger partial charge in [-0.05, 0) is 62.1 Å². The van der Waals surface area contributed by atoms with Crippen LogP contribution in [0.1, 0.15) is 39.9 Å². The molecule has 0 saturated carbocycles. The summed E-state index contributed by atoms with van der Waals surface area (Å²) in [5, 5.41) is 0. The largest absolute Gasteiger partial charge is 0.279 e. The first-order valence-corrected chi connectivity index (χ1v) is 11.5. The number of hydrogen-bond donors (Lipinski definition) is 2. The molecule has 2 aromatic rings. The highest BCUT2D eigenvalue weighted by Crippen LogP contribution is 2.26. The first kappa shape index (κ1) is 21.4. The molecule has 3 rings (SSSR count). The molecular weight excluding hydrogens is 417 g/mol. The molecule has 1 aliphatic rings. The topological polar surface area (TPSA) is 95.6 Å². The molecule has 0 spiro atoms. The molecule has 1 aliphatic heterocycles. The minimum absolute atomic E-state index is 0.0798. The summed E-state index contributed by atoms with van der Waals surface area (Å²) in [6.07, 6.45) is 1.66. The number of hydrazine groups is 1. The second-order valence-corrected chi connectivity index (χ2v) is 9.77. The third-order valence-electron chi connectivity index (χ3n) is 4.79. The molecule has 2 amide bonds. The Bertz CT molecular complexity index is 1020. The lowest BCUT2D eigenvalue weighted by atomic mass is 10.2. The van der Waals surface area contributed by atoms with Crippen molar-refractivity contribution in [2.24, 2.45) is 0 Å². The normalized spacial score (nSPS) is 17.3. The number of nitrogens with zero attached hydrogens (tertiary/aromatic N) is 1. The Hall–Kier alpha value is -2.30. The number of hydrogen-bond acceptors (Lipinski definition) is 5. The van der Waals surface area contributed by atoms with Crippen LogP contribution in [-0.2, 0) is 21.2 Å². The number of benzene rings is 1. The molecule has 1 unspecified atom stereocenters. The molecule has 2 heterocycles. The zero-order valence-corrected chi connectivity index (χ0v) is 17.7. The van der Waals surface area contributed by atoms with E-state index in [1.165, 1.54) is 23.5 Å². The Labute approximate surface area is 172 Å². The molecule has 156 valence electrons. The van der Waals surface area contributed by atoms with Gasteiger partial charge in [0.2, 0.25) is 10.0 Å². The van der Waals surface area contributed by atoms with Gasteiger partial charge in [0.1, 0.15) is 11.9 Å². The minimum Gasteiger partial charge on any atom is -0.271 e. The van der Waals surface area contributed by atoms with E-state index in [1.807, 2.05) is 13.8 Å². The fourth-order valence-electron chi connectivity index (χ4n) is 3.28. The highest BCUT2D eigenvalue weighted by Gasteiger charge is 2.39. The molecule has 29 heavy (non-hydrogen) atoms. The maximum atomic E-state index is 13.1. The summed E-state index contributed by atoms with van der Waals surface area (Å²) in [4.78, 5) is 26.3. The van der Waals surface area contributed by atoms with Gasteiger partial charge in [-0.25, -0.2) is 12.8 Å². The molecule has 1 aromatic heterocycles. The standard InChI is InChI=1S/C19H22FN3O4S2/c1-3-16-12(2)11-17(28-16)19(25)22-21-18(24)15-5-4-10-23(15)29(26,27)14-8-6-13(20)7-9-14/h6-9,11,15H,3-5,10H2,1-2H3,(H,21,24)(H,22,25). The van der Waals surface area contributed by atoms with Gasteiger partial charge in [-0.3, -0.25) is 20.4 Å². The maximum Gasteiger partial charge on any atom is 0.279 e. The molecule has 10 heteroatoms. The minimum atomic E-state index is -3.95. The average molecular weight is 440 g/mol. The van der Waals surface area contributed by atoms with Crippen LogP contribution in [0.4, 0.5) is 4.39 Å². The van der Waals surface area contributed by atoms with Crippen molar-refractivity contribution in [3.63, 3.8) is 0 Å². The smallest absolute Gasteiger partial charge is 0.271 e. The number of carbonyl (C=O) groups is 2. The van der Waals surface area contributed by atoms with E-state index in [9.17, 15) is 22.4 Å². The predicted octanol–water partition coefficient (Wildman–Crippen LogP) is 2.37. The van der Waals surface area contributed by atoms with Gasteiger partial charge in [-0.15, -0.1) is 11.3 Å². The molecule has 1 saturated heterocycles. The summed E-state index contributed by atoms with van der Waals surface area (Å²) in [5.41, 5.74) is 5.71. The molecule has 1 fully saturated rings. The van der Waals surface area contributed by atoms with Gasteiger partial charge in [0.25, 0.3) is 11.8 Å². The van der Waals surface area contributed by atoms with Crippen LogP contribution in [0.5, 0.6) is 0 Å². The SMILES string of the molecule is CCc1sc(C(=O)NNC(=O)C2CCCN2S(=O)(=O)c2ccc(F)cc2)cc1C. The summed E-state index contributed by atoms with van der Waals surface area (Å²) < 4.78 is 39.9. The maximum absolute atomic E-state index is 13.1. The van der Waals surface area contributed by atoms with Crippen molar-refractivity contribution < 1.29 is 22.4 Å². The number of halogens is 1. The number of carbonyl (C=O) groups excluding carboxylic acids is 2. The monoisotopic (exact) mass is 439 g/mol.